The number of aliphatic hydroxyl groups excluding tert-OH is 1. The molecule has 2 rings (SSSR count). The molecule has 1 heterocycles. The van der Waals surface area contributed by atoms with Crippen LogP contribution in [0.5, 0.6) is 0 Å². The van der Waals surface area contributed by atoms with E-state index in [4.69, 9.17) is 5.73 Å². The average Bonchev–Trinajstić information content (AvgIpc) is 2.32. The van der Waals surface area contributed by atoms with Gasteiger partial charge in [-0.2, -0.15) is 13.2 Å². The number of alkyl halides is 3. The van der Waals surface area contributed by atoms with Gasteiger partial charge in [0, 0.05) is 25.7 Å². The maximum Gasteiger partial charge on any atom is 0.416 e. The highest BCUT2D eigenvalue weighted by molar-refractivity contribution is 5.26. The van der Waals surface area contributed by atoms with E-state index in [0.717, 1.165) is 12.1 Å². The number of piperidine rings is 1. The SMILES string of the molecule is NC1CCN(Cc2cc(F)cc(C(F)(F)F)c2)CC1O. The van der Waals surface area contributed by atoms with Gasteiger partial charge in [0.05, 0.1) is 11.7 Å². The molecule has 0 aliphatic carbocycles. The van der Waals surface area contributed by atoms with Crippen molar-refractivity contribution in [2.75, 3.05) is 13.1 Å². The minimum absolute atomic E-state index is 0.157. The highest BCUT2D eigenvalue weighted by Gasteiger charge is 2.32. The maximum absolute atomic E-state index is 13.3. The van der Waals surface area contributed by atoms with E-state index >= 15 is 0 Å². The van der Waals surface area contributed by atoms with E-state index in [1.165, 1.54) is 0 Å². The molecule has 0 radical (unpaired) electrons. The normalized spacial score (nSPS) is 24.9. The van der Waals surface area contributed by atoms with Crippen LogP contribution in [0, 0.1) is 5.82 Å². The van der Waals surface area contributed by atoms with E-state index in [0.29, 0.717) is 19.0 Å². The molecule has 7 heteroatoms. The lowest BCUT2D eigenvalue weighted by Gasteiger charge is -2.34. The van der Waals surface area contributed by atoms with Gasteiger partial charge in [-0.25, -0.2) is 4.39 Å². The van der Waals surface area contributed by atoms with Gasteiger partial charge in [0.1, 0.15) is 5.82 Å². The molecule has 0 spiro atoms. The van der Waals surface area contributed by atoms with Crippen LogP contribution in [0.4, 0.5) is 17.6 Å². The van der Waals surface area contributed by atoms with E-state index in [2.05, 4.69) is 0 Å². The van der Waals surface area contributed by atoms with E-state index < -0.39 is 23.7 Å². The number of nitrogens with zero attached hydrogens (tertiary/aromatic N) is 1. The van der Waals surface area contributed by atoms with Crippen molar-refractivity contribution >= 4 is 0 Å². The Bertz CT molecular complexity index is 478. The smallest absolute Gasteiger partial charge is 0.390 e. The highest BCUT2D eigenvalue weighted by Crippen LogP contribution is 2.30. The van der Waals surface area contributed by atoms with E-state index in [-0.39, 0.29) is 24.7 Å². The summed E-state index contributed by atoms with van der Waals surface area (Å²) in [6, 6.07) is 2.18. The molecule has 1 aliphatic heterocycles. The van der Waals surface area contributed by atoms with Gasteiger partial charge in [-0.3, -0.25) is 4.90 Å². The fourth-order valence-electron chi connectivity index (χ4n) is 2.32. The minimum atomic E-state index is -4.57. The second kappa shape index (κ2) is 5.67. The number of aliphatic hydroxyl groups is 1. The van der Waals surface area contributed by atoms with Crippen LogP contribution in [0.3, 0.4) is 0 Å². The lowest BCUT2D eigenvalue weighted by molar-refractivity contribution is -0.137. The van der Waals surface area contributed by atoms with Crippen molar-refractivity contribution in [2.24, 2.45) is 5.73 Å². The van der Waals surface area contributed by atoms with Crippen LogP contribution in [-0.4, -0.2) is 35.2 Å². The van der Waals surface area contributed by atoms with Gasteiger partial charge in [0.25, 0.3) is 0 Å². The molecule has 1 aromatic rings. The van der Waals surface area contributed by atoms with Gasteiger partial charge >= 0.3 is 6.18 Å². The maximum atomic E-state index is 13.3. The molecule has 3 N–H and O–H groups in total. The third-order valence-corrected chi connectivity index (χ3v) is 3.41. The summed E-state index contributed by atoms with van der Waals surface area (Å²) in [5.74, 6) is -0.913. The van der Waals surface area contributed by atoms with Crippen LogP contribution in [0.2, 0.25) is 0 Å². The average molecular weight is 292 g/mol. The van der Waals surface area contributed by atoms with E-state index in [1.807, 2.05) is 0 Å². The van der Waals surface area contributed by atoms with Gasteiger partial charge in [0.15, 0.2) is 0 Å². The molecular formula is C13H16F4N2O. The van der Waals surface area contributed by atoms with Crippen LogP contribution >= 0.6 is 0 Å². The molecule has 2 unspecified atom stereocenters. The third kappa shape index (κ3) is 3.68. The van der Waals surface area contributed by atoms with Gasteiger partial charge in [-0.1, -0.05) is 0 Å². The lowest BCUT2D eigenvalue weighted by atomic mass is 10.0. The van der Waals surface area contributed by atoms with E-state index in [9.17, 15) is 22.7 Å². The first-order chi connectivity index (χ1) is 9.25. The molecule has 1 fully saturated rings. The molecule has 0 aromatic heterocycles. The standard InChI is InChI=1S/C13H16F4N2O/c14-10-4-8(3-9(5-10)13(15,16)17)6-19-2-1-11(18)12(20)7-19/h3-5,11-12,20H,1-2,6-7,18H2. The van der Waals surface area contributed by atoms with Crippen LogP contribution in [0.1, 0.15) is 17.5 Å². The number of nitrogens with two attached hydrogens (primary N) is 1. The summed E-state index contributed by atoms with van der Waals surface area (Å²) in [4.78, 5) is 1.77. The molecule has 1 saturated heterocycles. The van der Waals surface area contributed by atoms with Crippen molar-refractivity contribution < 1.29 is 22.7 Å². The third-order valence-electron chi connectivity index (χ3n) is 3.41. The number of hydrogen-bond acceptors (Lipinski definition) is 3. The van der Waals surface area contributed by atoms with Crippen molar-refractivity contribution in [3.05, 3.63) is 35.1 Å². The molecule has 1 aliphatic rings. The second-order valence-corrected chi connectivity index (χ2v) is 5.10. The first-order valence-electron chi connectivity index (χ1n) is 6.28. The molecule has 2 atom stereocenters. The molecule has 0 saturated carbocycles. The quantitative estimate of drug-likeness (QED) is 0.816. The summed E-state index contributed by atoms with van der Waals surface area (Å²) < 4.78 is 51.1. The number of likely N-dealkylation sites (tertiary alicyclic amines) is 1. The van der Waals surface area contributed by atoms with Gasteiger partial charge in [-0.15, -0.1) is 0 Å². The van der Waals surface area contributed by atoms with Crippen LogP contribution in [-0.2, 0) is 12.7 Å². The topological polar surface area (TPSA) is 49.5 Å². The summed E-state index contributed by atoms with van der Waals surface area (Å²) in [6.45, 7) is 1.000. The Morgan fingerprint density at radius 2 is 2.00 bits per heavy atom. The fourth-order valence-corrected chi connectivity index (χ4v) is 2.32. The van der Waals surface area contributed by atoms with Crippen molar-refractivity contribution in [3.8, 4) is 0 Å². The van der Waals surface area contributed by atoms with Gasteiger partial charge < -0.3 is 10.8 Å². The Morgan fingerprint density at radius 1 is 1.30 bits per heavy atom. The fraction of sp³-hybridized carbons (Fsp3) is 0.538. The molecule has 3 nitrogen and oxygen atoms in total. The Morgan fingerprint density at radius 3 is 2.60 bits per heavy atom. The van der Waals surface area contributed by atoms with Crippen molar-refractivity contribution in [1.82, 2.24) is 4.90 Å². The molecule has 1 aromatic carbocycles. The summed E-state index contributed by atoms with van der Waals surface area (Å²) in [6.07, 6.45) is -4.72. The summed E-state index contributed by atoms with van der Waals surface area (Å²) in [5, 5.41) is 9.64. The zero-order chi connectivity index (χ0) is 14.9. The number of halogens is 4. The molecule has 0 amide bonds. The Kier molecular flexibility index (Phi) is 4.31. The van der Waals surface area contributed by atoms with E-state index in [1.54, 1.807) is 4.90 Å². The largest absolute Gasteiger partial charge is 0.416 e. The molecule has 0 bridgehead atoms. The van der Waals surface area contributed by atoms with Gasteiger partial charge in [-0.05, 0) is 30.2 Å². The molecule has 112 valence electrons. The number of hydrogen-bond donors (Lipinski definition) is 2. The number of β-amino-alcohol motifs (C(OH)–C–C–N with tert-alkyl or cyclic N) is 1. The van der Waals surface area contributed by atoms with Crippen LogP contribution in [0.25, 0.3) is 0 Å². The Balaban J connectivity index is 2.12. The number of rotatable bonds is 2. The van der Waals surface area contributed by atoms with Crippen molar-refractivity contribution in [1.29, 1.82) is 0 Å². The van der Waals surface area contributed by atoms with Gasteiger partial charge in [0.2, 0.25) is 0 Å². The highest BCUT2D eigenvalue weighted by atomic mass is 19.4. The molecule has 20 heavy (non-hydrogen) atoms. The predicted molar refractivity (Wildman–Crippen MR) is 65.3 cm³/mol. The predicted octanol–water partition coefficient (Wildman–Crippen LogP) is 1.74. The Labute approximate surface area is 114 Å². The van der Waals surface area contributed by atoms with Crippen LogP contribution < -0.4 is 5.73 Å². The summed E-state index contributed by atoms with van der Waals surface area (Å²) >= 11 is 0. The van der Waals surface area contributed by atoms with Crippen molar-refractivity contribution in [3.63, 3.8) is 0 Å². The Hall–Kier alpha value is -1.18. The first kappa shape index (κ1) is 15.2. The zero-order valence-corrected chi connectivity index (χ0v) is 10.7. The van der Waals surface area contributed by atoms with Crippen LogP contribution in [0.15, 0.2) is 18.2 Å². The first-order valence-corrected chi connectivity index (χ1v) is 6.28. The zero-order valence-electron chi connectivity index (χ0n) is 10.7. The minimum Gasteiger partial charge on any atom is -0.390 e. The summed E-state index contributed by atoms with van der Waals surface area (Å²) in [5.41, 5.74) is 4.89. The number of benzene rings is 1. The monoisotopic (exact) mass is 292 g/mol. The second-order valence-electron chi connectivity index (χ2n) is 5.10. The van der Waals surface area contributed by atoms with Crippen molar-refractivity contribution in [2.45, 2.75) is 31.3 Å². The lowest BCUT2D eigenvalue weighted by Crippen LogP contribution is -2.50. The molecular weight excluding hydrogens is 276 g/mol. The summed E-state index contributed by atoms with van der Waals surface area (Å²) in [7, 11) is 0.